The molecule has 1 aromatic heterocycles. The molecule has 3 aromatic rings. The van der Waals surface area contributed by atoms with Gasteiger partial charge in [-0.2, -0.15) is 4.31 Å². The number of benzene rings is 2. The molecule has 0 amide bonds. The van der Waals surface area contributed by atoms with Gasteiger partial charge in [-0.25, -0.2) is 13.4 Å². The van der Waals surface area contributed by atoms with E-state index in [1.54, 1.807) is 18.2 Å². The minimum absolute atomic E-state index is 0.0664. The molecule has 2 fully saturated rings. The van der Waals surface area contributed by atoms with Gasteiger partial charge in [-0.15, -0.1) is 0 Å². The highest BCUT2D eigenvalue weighted by molar-refractivity contribution is 7.89. The van der Waals surface area contributed by atoms with E-state index < -0.39 is 16.1 Å². The zero-order valence-electron chi connectivity index (χ0n) is 17.0. The lowest BCUT2D eigenvalue weighted by Gasteiger charge is -2.29. The van der Waals surface area contributed by atoms with E-state index in [-0.39, 0.29) is 23.0 Å². The third kappa shape index (κ3) is 4.15. The summed E-state index contributed by atoms with van der Waals surface area (Å²) in [5.41, 5.74) is 3.86. The fourth-order valence-corrected chi connectivity index (χ4v) is 6.03. The predicted octanol–water partition coefficient (Wildman–Crippen LogP) is 4.42. The molecule has 0 atom stereocenters. The van der Waals surface area contributed by atoms with Crippen molar-refractivity contribution < 1.29 is 13.5 Å². The summed E-state index contributed by atoms with van der Waals surface area (Å²) in [5.74, 6) is 1.26. The largest absolute Gasteiger partial charge is 0.393 e. The van der Waals surface area contributed by atoms with Crippen LogP contribution < -0.4 is 0 Å². The number of piperidine rings is 1. The summed E-state index contributed by atoms with van der Waals surface area (Å²) in [7, 11) is -3.75. The van der Waals surface area contributed by atoms with Crippen LogP contribution in [-0.4, -0.2) is 47.0 Å². The van der Waals surface area contributed by atoms with Crippen LogP contribution in [0.4, 0.5) is 0 Å². The normalized spacial score (nSPS) is 18.4. The molecular formula is C23H24ClN3O3S. The van der Waals surface area contributed by atoms with E-state index >= 15 is 0 Å². The fraction of sp³-hybridized carbons (Fsp3) is 0.348. The van der Waals surface area contributed by atoms with E-state index in [4.69, 9.17) is 16.6 Å². The lowest BCUT2D eigenvalue weighted by Crippen LogP contribution is -2.40. The zero-order chi connectivity index (χ0) is 21.6. The van der Waals surface area contributed by atoms with Crippen LogP contribution in [-0.2, 0) is 10.0 Å². The lowest BCUT2D eigenvalue weighted by molar-refractivity contribution is 0.113. The van der Waals surface area contributed by atoms with Crippen LogP contribution in [0.3, 0.4) is 0 Å². The molecule has 6 nitrogen and oxygen atoms in total. The molecule has 0 unspecified atom stereocenters. The molecular weight excluding hydrogens is 434 g/mol. The number of aromatic amines is 1. The van der Waals surface area contributed by atoms with Crippen molar-refractivity contribution in [2.75, 3.05) is 13.1 Å². The Morgan fingerprint density at radius 1 is 1.03 bits per heavy atom. The van der Waals surface area contributed by atoms with Gasteiger partial charge in [0.15, 0.2) is 0 Å². The highest BCUT2D eigenvalue weighted by Gasteiger charge is 2.31. The van der Waals surface area contributed by atoms with Gasteiger partial charge < -0.3 is 10.1 Å². The molecule has 1 aliphatic carbocycles. The van der Waals surface area contributed by atoms with Crippen LogP contribution in [0.25, 0.3) is 22.6 Å². The maximum Gasteiger partial charge on any atom is 0.244 e. The maximum atomic E-state index is 13.2. The third-order valence-electron chi connectivity index (χ3n) is 6.05. The van der Waals surface area contributed by atoms with Crippen molar-refractivity contribution >= 4 is 21.6 Å². The number of H-pyrrole nitrogens is 1. The number of aliphatic hydroxyl groups excluding tert-OH is 1. The van der Waals surface area contributed by atoms with Gasteiger partial charge in [0, 0.05) is 30.4 Å². The van der Waals surface area contributed by atoms with Crippen LogP contribution in [0, 0.1) is 0 Å². The lowest BCUT2D eigenvalue weighted by atomic mass is 10.1. The van der Waals surface area contributed by atoms with Crippen molar-refractivity contribution in [1.82, 2.24) is 14.3 Å². The number of rotatable bonds is 5. The van der Waals surface area contributed by atoms with E-state index in [9.17, 15) is 13.5 Å². The highest BCUT2D eigenvalue weighted by atomic mass is 35.5. The molecule has 0 spiro atoms. The molecule has 2 N–H and O–H groups in total. The number of hydrogen-bond donors (Lipinski definition) is 2. The van der Waals surface area contributed by atoms with Gasteiger partial charge in [-0.3, -0.25) is 0 Å². The minimum Gasteiger partial charge on any atom is -0.393 e. The van der Waals surface area contributed by atoms with Gasteiger partial charge in [0.1, 0.15) is 10.7 Å². The first kappa shape index (κ1) is 20.7. The first-order valence-electron chi connectivity index (χ1n) is 10.6. The van der Waals surface area contributed by atoms with Gasteiger partial charge in [-0.1, -0.05) is 29.8 Å². The molecule has 2 heterocycles. The van der Waals surface area contributed by atoms with Gasteiger partial charge in [-0.05, 0) is 61.4 Å². The molecule has 31 heavy (non-hydrogen) atoms. The van der Waals surface area contributed by atoms with Crippen LogP contribution in [0.5, 0.6) is 0 Å². The molecule has 5 rings (SSSR count). The minimum atomic E-state index is -3.75. The van der Waals surface area contributed by atoms with E-state index in [0.717, 1.165) is 11.3 Å². The Balaban J connectivity index is 1.45. The average molecular weight is 458 g/mol. The molecule has 1 aliphatic heterocycles. The summed E-state index contributed by atoms with van der Waals surface area (Å²) in [6, 6.07) is 13.4. The third-order valence-corrected chi connectivity index (χ3v) is 8.44. The molecule has 1 saturated heterocycles. The van der Waals surface area contributed by atoms with E-state index in [1.807, 2.05) is 12.3 Å². The van der Waals surface area contributed by atoms with Crippen LogP contribution in [0.15, 0.2) is 53.6 Å². The summed E-state index contributed by atoms with van der Waals surface area (Å²) in [6.45, 7) is 0.568. The first-order chi connectivity index (χ1) is 14.9. The summed E-state index contributed by atoms with van der Waals surface area (Å²) in [5, 5.41) is 9.88. The second-order valence-corrected chi connectivity index (χ2v) is 10.6. The van der Waals surface area contributed by atoms with E-state index in [1.165, 1.54) is 22.7 Å². The van der Waals surface area contributed by atoms with Gasteiger partial charge in [0.2, 0.25) is 10.0 Å². The van der Waals surface area contributed by atoms with Crippen LogP contribution in [0.1, 0.15) is 37.2 Å². The molecule has 1 saturated carbocycles. The second-order valence-electron chi connectivity index (χ2n) is 8.31. The molecule has 8 heteroatoms. The van der Waals surface area contributed by atoms with Crippen molar-refractivity contribution in [3.05, 3.63) is 59.2 Å². The molecule has 2 aromatic carbocycles. The second kappa shape index (κ2) is 8.06. The Kier molecular flexibility index (Phi) is 5.38. The summed E-state index contributed by atoms with van der Waals surface area (Å²) < 4.78 is 27.7. The number of sulfonamides is 1. The maximum absolute atomic E-state index is 13.2. The zero-order valence-corrected chi connectivity index (χ0v) is 18.5. The highest BCUT2D eigenvalue weighted by Crippen LogP contribution is 2.41. The fourth-order valence-electron chi connectivity index (χ4n) is 4.06. The van der Waals surface area contributed by atoms with E-state index in [0.29, 0.717) is 30.1 Å². The Bertz CT molecular complexity index is 1210. The van der Waals surface area contributed by atoms with Crippen molar-refractivity contribution in [3.8, 4) is 22.6 Å². The van der Waals surface area contributed by atoms with E-state index in [2.05, 4.69) is 23.2 Å². The monoisotopic (exact) mass is 457 g/mol. The number of aromatic nitrogens is 2. The van der Waals surface area contributed by atoms with Crippen LogP contribution in [0.2, 0.25) is 5.02 Å². The number of nitrogens with one attached hydrogen (secondary N) is 1. The quantitative estimate of drug-likeness (QED) is 0.593. The number of halogens is 1. The van der Waals surface area contributed by atoms with Crippen molar-refractivity contribution in [3.63, 3.8) is 0 Å². The van der Waals surface area contributed by atoms with Crippen molar-refractivity contribution in [1.29, 1.82) is 0 Å². The SMILES string of the molecule is O=S(=O)(c1cc(-c2nc(-c3cccc(C4CC4)c3)c[nH]2)ccc1Cl)N1CCC(O)CC1. The summed E-state index contributed by atoms with van der Waals surface area (Å²) in [4.78, 5) is 7.95. The standard InChI is InChI=1S/C23H24ClN3O3S/c24-20-7-6-18(13-22(20)31(29,30)27-10-8-19(28)9-11-27)23-25-14-21(26-23)17-3-1-2-16(12-17)15-4-5-15/h1-3,6-7,12-15,19,28H,4-5,8-11H2,(H,25,26). The molecule has 0 bridgehead atoms. The summed E-state index contributed by atoms with van der Waals surface area (Å²) in [6.07, 6.45) is 4.74. The molecule has 162 valence electrons. The number of hydrogen-bond acceptors (Lipinski definition) is 4. The molecule has 2 aliphatic rings. The van der Waals surface area contributed by atoms with Crippen molar-refractivity contribution in [2.24, 2.45) is 0 Å². The van der Waals surface area contributed by atoms with Gasteiger partial charge in [0.05, 0.1) is 16.8 Å². The Hall–Kier alpha value is -2.19. The smallest absolute Gasteiger partial charge is 0.244 e. The van der Waals surface area contributed by atoms with Gasteiger partial charge in [0.25, 0.3) is 0 Å². The van der Waals surface area contributed by atoms with Crippen LogP contribution >= 0.6 is 11.6 Å². The summed E-state index contributed by atoms with van der Waals surface area (Å²) >= 11 is 6.28. The first-order valence-corrected chi connectivity index (χ1v) is 12.4. The average Bonchev–Trinajstić information content (AvgIpc) is 3.51. The predicted molar refractivity (Wildman–Crippen MR) is 120 cm³/mol. The Morgan fingerprint density at radius 2 is 1.81 bits per heavy atom. The number of aliphatic hydroxyl groups is 1. The topological polar surface area (TPSA) is 86.3 Å². The van der Waals surface area contributed by atoms with Gasteiger partial charge >= 0.3 is 0 Å². The number of imidazole rings is 1. The Morgan fingerprint density at radius 3 is 2.55 bits per heavy atom. The molecule has 0 radical (unpaired) electrons. The number of nitrogens with zero attached hydrogens (tertiary/aromatic N) is 2. The van der Waals surface area contributed by atoms with Crippen molar-refractivity contribution in [2.45, 2.75) is 42.6 Å². The Labute approximate surface area is 187 Å².